The molecule has 0 atom stereocenters. The van der Waals surface area contributed by atoms with Gasteiger partial charge in [-0.3, -0.25) is 0 Å². The first-order valence-electron chi connectivity index (χ1n) is 7.39. The smallest absolute Gasteiger partial charge is 0.0207 e. The Balaban J connectivity index is 2.10. The van der Waals surface area contributed by atoms with Crippen LogP contribution in [-0.2, 0) is 6.42 Å². The number of nitrogens with one attached hydrogen (secondary N) is 1. The third-order valence-electron chi connectivity index (χ3n) is 4.18. The van der Waals surface area contributed by atoms with Gasteiger partial charge in [-0.2, -0.15) is 0 Å². The van der Waals surface area contributed by atoms with Crippen molar-refractivity contribution in [3.63, 3.8) is 0 Å². The molecule has 106 valence electrons. The standard InChI is InChI=1S/C17H26BrN/c1-16(2,3)19-13-17(10-6-7-11-17)12-14-8-4-5-9-15(14)18/h4-5,8-9,19H,6-7,10-13H2,1-3H3. The van der Waals surface area contributed by atoms with Gasteiger partial charge in [0.25, 0.3) is 0 Å². The van der Waals surface area contributed by atoms with E-state index in [0.29, 0.717) is 5.41 Å². The summed E-state index contributed by atoms with van der Waals surface area (Å²) in [5.41, 5.74) is 2.13. The van der Waals surface area contributed by atoms with E-state index in [0.717, 1.165) is 6.54 Å². The molecule has 1 aliphatic carbocycles. The van der Waals surface area contributed by atoms with E-state index in [1.54, 1.807) is 0 Å². The Morgan fingerprint density at radius 3 is 2.37 bits per heavy atom. The quantitative estimate of drug-likeness (QED) is 0.827. The summed E-state index contributed by atoms with van der Waals surface area (Å²) >= 11 is 3.70. The number of halogens is 1. The van der Waals surface area contributed by atoms with Gasteiger partial charge < -0.3 is 5.32 Å². The van der Waals surface area contributed by atoms with Crippen LogP contribution in [0.2, 0.25) is 0 Å². The lowest BCUT2D eigenvalue weighted by molar-refractivity contribution is 0.244. The molecule has 1 fully saturated rings. The molecular formula is C17H26BrN. The Kier molecular flexibility index (Phi) is 4.73. The van der Waals surface area contributed by atoms with Gasteiger partial charge in [0.1, 0.15) is 0 Å². The summed E-state index contributed by atoms with van der Waals surface area (Å²) in [5.74, 6) is 0. The highest BCUT2D eigenvalue weighted by Gasteiger charge is 2.35. The molecule has 0 spiro atoms. The van der Waals surface area contributed by atoms with E-state index in [4.69, 9.17) is 0 Å². The predicted octanol–water partition coefficient (Wildman–Crippen LogP) is 4.94. The van der Waals surface area contributed by atoms with E-state index in [9.17, 15) is 0 Å². The molecule has 1 saturated carbocycles. The summed E-state index contributed by atoms with van der Waals surface area (Å²) in [6.45, 7) is 7.91. The maximum absolute atomic E-state index is 3.73. The maximum Gasteiger partial charge on any atom is 0.0207 e. The molecule has 1 aromatic carbocycles. The second kappa shape index (κ2) is 5.97. The summed E-state index contributed by atoms with van der Waals surface area (Å²) in [6, 6.07) is 8.68. The molecule has 1 nitrogen and oxygen atoms in total. The monoisotopic (exact) mass is 323 g/mol. The van der Waals surface area contributed by atoms with E-state index < -0.39 is 0 Å². The lowest BCUT2D eigenvalue weighted by Gasteiger charge is -2.34. The Labute approximate surface area is 126 Å². The summed E-state index contributed by atoms with van der Waals surface area (Å²) in [7, 11) is 0. The topological polar surface area (TPSA) is 12.0 Å². The van der Waals surface area contributed by atoms with Crippen LogP contribution in [0.25, 0.3) is 0 Å². The number of hydrogen-bond acceptors (Lipinski definition) is 1. The van der Waals surface area contributed by atoms with Crippen molar-refractivity contribution in [3.8, 4) is 0 Å². The number of hydrogen-bond donors (Lipinski definition) is 1. The van der Waals surface area contributed by atoms with E-state index in [1.807, 2.05) is 0 Å². The average molecular weight is 324 g/mol. The predicted molar refractivity (Wildman–Crippen MR) is 86.5 cm³/mol. The van der Waals surface area contributed by atoms with Gasteiger partial charge in [0, 0.05) is 16.6 Å². The van der Waals surface area contributed by atoms with Crippen LogP contribution in [0.4, 0.5) is 0 Å². The van der Waals surface area contributed by atoms with Crippen molar-refractivity contribution in [2.45, 2.75) is 58.4 Å². The van der Waals surface area contributed by atoms with Gasteiger partial charge in [-0.1, -0.05) is 47.0 Å². The molecule has 2 heteroatoms. The Bertz CT molecular complexity index is 414. The minimum atomic E-state index is 0.212. The van der Waals surface area contributed by atoms with E-state index in [-0.39, 0.29) is 5.54 Å². The van der Waals surface area contributed by atoms with Crippen LogP contribution in [0, 0.1) is 5.41 Å². The number of rotatable bonds is 4. The van der Waals surface area contributed by atoms with Crippen LogP contribution in [0.5, 0.6) is 0 Å². The molecule has 0 amide bonds. The van der Waals surface area contributed by atoms with Gasteiger partial charge in [0.05, 0.1) is 0 Å². The lowest BCUT2D eigenvalue weighted by Crippen LogP contribution is -2.44. The number of benzene rings is 1. The zero-order valence-electron chi connectivity index (χ0n) is 12.4. The Morgan fingerprint density at radius 2 is 1.79 bits per heavy atom. The van der Waals surface area contributed by atoms with Crippen LogP contribution < -0.4 is 5.32 Å². The van der Waals surface area contributed by atoms with Gasteiger partial charge in [-0.05, 0) is 57.1 Å². The van der Waals surface area contributed by atoms with Crippen LogP contribution in [0.15, 0.2) is 28.7 Å². The first kappa shape index (κ1) is 15.1. The average Bonchev–Trinajstić information content (AvgIpc) is 2.78. The SMILES string of the molecule is CC(C)(C)NCC1(Cc2ccccc2Br)CCCC1. The van der Waals surface area contributed by atoms with Crippen molar-refractivity contribution >= 4 is 15.9 Å². The maximum atomic E-state index is 3.73. The van der Waals surface area contributed by atoms with Crippen molar-refractivity contribution < 1.29 is 0 Å². The first-order chi connectivity index (χ1) is 8.90. The van der Waals surface area contributed by atoms with Gasteiger partial charge in [-0.15, -0.1) is 0 Å². The second-order valence-electron chi connectivity index (χ2n) is 7.08. The largest absolute Gasteiger partial charge is 0.312 e. The zero-order chi connectivity index (χ0) is 13.9. The van der Waals surface area contributed by atoms with Crippen LogP contribution in [0.3, 0.4) is 0 Å². The third-order valence-corrected chi connectivity index (χ3v) is 4.95. The lowest BCUT2D eigenvalue weighted by atomic mass is 9.79. The summed E-state index contributed by atoms with van der Waals surface area (Å²) in [5, 5.41) is 3.73. The zero-order valence-corrected chi connectivity index (χ0v) is 14.0. The minimum absolute atomic E-state index is 0.212. The Morgan fingerprint density at radius 1 is 1.16 bits per heavy atom. The molecule has 1 aliphatic rings. The van der Waals surface area contributed by atoms with Crippen LogP contribution >= 0.6 is 15.9 Å². The highest BCUT2D eigenvalue weighted by Crippen LogP contribution is 2.41. The summed E-state index contributed by atoms with van der Waals surface area (Å²) in [4.78, 5) is 0. The van der Waals surface area contributed by atoms with Gasteiger partial charge in [-0.25, -0.2) is 0 Å². The normalized spacial score (nSPS) is 18.7. The van der Waals surface area contributed by atoms with Crippen molar-refractivity contribution in [3.05, 3.63) is 34.3 Å². The molecule has 0 aromatic heterocycles. The summed E-state index contributed by atoms with van der Waals surface area (Å²) in [6.07, 6.45) is 6.68. The molecular weight excluding hydrogens is 298 g/mol. The van der Waals surface area contributed by atoms with E-state index in [1.165, 1.54) is 42.1 Å². The van der Waals surface area contributed by atoms with Gasteiger partial charge >= 0.3 is 0 Å². The fourth-order valence-electron chi connectivity index (χ4n) is 3.04. The molecule has 1 aromatic rings. The van der Waals surface area contributed by atoms with E-state index in [2.05, 4.69) is 66.3 Å². The van der Waals surface area contributed by atoms with Crippen LogP contribution in [0.1, 0.15) is 52.0 Å². The molecule has 1 N–H and O–H groups in total. The van der Waals surface area contributed by atoms with Gasteiger partial charge in [0.2, 0.25) is 0 Å². The van der Waals surface area contributed by atoms with E-state index >= 15 is 0 Å². The molecule has 19 heavy (non-hydrogen) atoms. The second-order valence-corrected chi connectivity index (χ2v) is 7.93. The minimum Gasteiger partial charge on any atom is -0.312 e. The molecule has 0 heterocycles. The van der Waals surface area contributed by atoms with Crippen molar-refractivity contribution in [1.82, 2.24) is 5.32 Å². The fourth-order valence-corrected chi connectivity index (χ4v) is 3.46. The molecule has 0 aliphatic heterocycles. The van der Waals surface area contributed by atoms with Crippen molar-refractivity contribution in [2.75, 3.05) is 6.54 Å². The highest BCUT2D eigenvalue weighted by molar-refractivity contribution is 9.10. The highest BCUT2D eigenvalue weighted by atomic mass is 79.9. The van der Waals surface area contributed by atoms with Crippen LogP contribution in [-0.4, -0.2) is 12.1 Å². The molecule has 0 unspecified atom stereocenters. The van der Waals surface area contributed by atoms with Gasteiger partial charge in [0.15, 0.2) is 0 Å². The first-order valence-corrected chi connectivity index (χ1v) is 8.18. The van der Waals surface area contributed by atoms with Crippen molar-refractivity contribution in [2.24, 2.45) is 5.41 Å². The molecule has 0 bridgehead atoms. The molecule has 2 rings (SSSR count). The van der Waals surface area contributed by atoms with Crippen molar-refractivity contribution in [1.29, 1.82) is 0 Å². The molecule has 0 radical (unpaired) electrons. The third kappa shape index (κ3) is 4.32. The fraction of sp³-hybridized carbons (Fsp3) is 0.647. The summed E-state index contributed by atoms with van der Waals surface area (Å²) < 4.78 is 1.26. The Hall–Kier alpha value is -0.340. The molecule has 0 saturated heterocycles.